The fourth-order valence-electron chi connectivity index (χ4n) is 2.22. The minimum absolute atomic E-state index is 0.0401. The van der Waals surface area contributed by atoms with Crippen LogP contribution in [0.15, 0.2) is 0 Å². The van der Waals surface area contributed by atoms with E-state index in [1.165, 1.54) is 0 Å². The molecule has 0 amide bonds. The van der Waals surface area contributed by atoms with Crippen LogP contribution < -0.4 is 0 Å². The van der Waals surface area contributed by atoms with Crippen LogP contribution in [0.4, 0.5) is 0 Å². The van der Waals surface area contributed by atoms with Crippen molar-refractivity contribution in [1.29, 1.82) is 0 Å². The predicted octanol–water partition coefficient (Wildman–Crippen LogP) is 0.503. The summed E-state index contributed by atoms with van der Waals surface area (Å²) in [6.07, 6.45) is 1.32. The quantitative estimate of drug-likeness (QED) is 0.364. The maximum atomic E-state index is 11.1. The van der Waals surface area contributed by atoms with Crippen molar-refractivity contribution in [3.05, 3.63) is 0 Å². The van der Waals surface area contributed by atoms with E-state index >= 15 is 0 Å². The lowest BCUT2D eigenvalue weighted by atomic mass is 9.90. The third kappa shape index (κ3) is 0.654. The molecular formula is C7H7IO3. The van der Waals surface area contributed by atoms with E-state index in [1.54, 1.807) is 0 Å². The fourth-order valence-corrected chi connectivity index (χ4v) is 3.24. The van der Waals surface area contributed by atoms with Gasteiger partial charge in [0, 0.05) is 0 Å². The zero-order chi connectivity index (χ0) is 7.59. The Morgan fingerprint density at radius 2 is 2.27 bits per heavy atom. The van der Waals surface area contributed by atoms with Crippen molar-refractivity contribution in [3.8, 4) is 0 Å². The second-order valence-electron chi connectivity index (χ2n) is 3.33. The van der Waals surface area contributed by atoms with Crippen LogP contribution in [0.2, 0.25) is 0 Å². The van der Waals surface area contributed by atoms with Gasteiger partial charge in [-0.05, 0) is 6.42 Å². The van der Waals surface area contributed by atoms with E-state index in [4.69, 9.17) is 9.47 Å². The lowest BCUT2D eigenvalue weighted by molar-refractivity contribution is -0.143. The van der Waals surface area contributed by atoms with Gasteiger partial charge in [0.1, 0.15) is 12.2 Å². The molecule has 0 radical (unpaired) electrons. The molecular weight excluding hydrogens is 259 g/mol. The van der Waals surface area contributed by atoms with Crippen molar-refractivity contribution >= 4 is 28.6 Å². The Kier molecular flexibility index (Phi) is 1.15. The lowest BCUT2D eigenvalue weighted by Gasteiger charge is -2.14. The van der Waals surface area contributed by atoms with Gasteiger partial charge in [0.2, 0.25) is 0 Å². The first-order valence-corrected chi connectivity index (χ1v) is 5.02. The van der Waals surface area contributed by atoms with Crippen molar-refractivity contribution in [1.82, 2.24) is 0 Å². The maximum Gasteiger partial charge on any atom is 0.312 e. The molecule has 0 aromatic heterocycles. The highest BCUT2D eigenvalue weighted by molar-refractivity contribution is 14.1. The molecule has 0 aliphatic carbocycles. The van der Waals surface area contributed by atoms with Gasteiger partial charge in [0.15, 0.2) is 0 Å². The highest BCUT2D eigenvalue weighted by Gasteiger charge is 2.62. The van der Waals surface area contributed by atoms with Gasteiger partial charge in [-0.15, -0.1) is 0 Å². The average Bonchev–Trinajstić information content (AvgIpc) is 2.53. The van der Waals surface area contributed by atoms with E-state index in [2.05, 4.69) is 22.6 Å². The summed E-state index contributed by atoms with van der Waals surface area (Å²) >= 11 is 2.32. The van der Waals surface area contributed by atoms with Gasteiger partial charge < -0.3 is 9.47 Å². The van der Waals surface area contributed by atoms with E-state index in [-0.39, 0.29) is 30.2 Å². The Labute approximate surface area is 77.6 Å². The molecule has 3 rings (SSSR count). The standard InChI is InChI=1S/C7H7IO3/c8-4-3-1-2-5(10-3)6(4)11-7(2)9/h2-6H,1H2/t2-,3-,4-,5-,6-/m1/s1. The minimum atomic E-state index is -0.0401. The first kappa shape index (κ1) is 6.65. The van der Waals surface area contributed by atoms with Crippen LogP contribution in [0.1, 0.15) is 6.42 Å². The molecule has 0 spiro atoms. The van der Waals surface area contributed by atoms with Crippen molar-refractivity contribution < 1.29 is 14.3 Å². The van der Waals surface area contributed by atoms with Crippen LogP contribution in [-0.2, 0) is 14.3 Å². The molecule has 3 fully saturated rings. The number of esters is 1. The van der Waals surface area contributed by atoms with Crippen LogP contribution in [0.3, 0.4) is 0 Å². The van der Waals surface area contributed by atoms with Crippen LogP contribution in [0.5, 0.6) is 0 Å². The smallest absolute Gasteiger partial charge is 0.312 e. The Morgan fingerprint density at radius 1 is 1.45 bits per heavy atom. The molecule has 0 saturated carbocycles. The summed E-state index contributed by atoms with van der Waals surface area (Å²) in [5.41, 5.74) is 0. The summed E-state index contributed by atoms with van der Waals surface area (Å²) in [7, 11) is 0. The second-order valence-corrected chi connectivity index (χ2v) is 4.77. The molecule has 4 heteroatoms. The molecule has 3 saturated heterocycles. The average molecular weight is 266 g/mol. The van der Waals surface area contributed by atoms with Gasteiger partial charge >= 0.3 is 5.97 Å². The van der Waals surface area contributed by atoms with Gasteiger partial charge in [-0.1, -0.05) is 22.6 Å². The number of hydrogen-bond acceptors (Lipinski definition) is 3. The minimum Gasteiger partial charge on any atom is -0.458 e. The van der Waals surface area contributed by atoms with Gasteiger partial charge in [0.05, 0.1) is 15.9 Å². The number of alkyl halides is 1. The number of carbonyl (C=O) groups is 1. The fraction of sp³-hybridized carbons (Fsp3) is 0.857. The van der Waals surface area contributed by atoms with E-state index in [9.17, 15) is 4.79 Å². The zero-order valence-corrected chi connectivity index (χ0v) is 7.85. The number of ether oxygens (including phenoxy) is 2. The molecule has 5 atom stereocenters. The van der Waals surface area contributed by atoms with Crippen molar-refractivity contribution in [2.45, 2.75) is 28.7 Å². The SMILES string of the molecule is O=C1O[C@@H]2[C@H](I)[C@H]3C[C@@H]1[C@H]2O3. The van der Waals surface area contributed by atoms with Gasteiger partial charge in [-0.2, -0.15) is 0 Å². The summed E-state index contributed by atoms with van der Waals surface area (Å²) in [6.45, 7) is 0. The molecule has 3 aliphatic heterocycles. The normalized spacial score (nSPS) is 58.6. The van der Waals surface area contributed by atoms with Crippen LogP contribution in [-0.4, -0.2) is 28.2 Å². The number of rotatable bonds is 0. The number of carbonyl (C=O) groups excluding carboxylic acids is 1. The van der Waals surface area contributed by atoms with Crippen molar-refractivity contribution in [2.24, 2.45) is 5.92 Å². The number of halogens is 1. The molecule has 3 heterocycles. The van der Waals surface area contributed by atoms with Gasteiger partial charge in [0.25, 0.3) is 0 Å². The van der Waals surface area contributed by atoms with Crippen LogP contribution in [0, 0.1) is 5.92 Å². The third-order valence-electron chi connectivity index (χ3n) is 2.76. The zero-order valence-electron chi connectivity index (χ0n) is 5.70. The molecule has 60 valence electrons. The number of fused-ring (bicyclic) bond motifs is 1. The first-order valence-electron chi connectivity index (χ1n) is 3.77. The molecule has 0 N–H and O–H groups in total. The summed E-state index contributed by atoms with van der Waals surface area (Å²) in [5.74, 6) is 0.0256. The van der Waals surface area contributed by atoms with E-state index in [1.807, 2.05) is 0 Å². The van der Waals surface area contributed by atoms with E-state index < -0.39 is 0 Å². The van der Waals surface area contributed by atoms with Crippen molar-refractivity contribution in [2.75, 3.05) is 0 Å². The number of hydrogen-bond donors (Lipinski definition) is 0. The molecule has 2 bridgehead atoms. The molecule has 3 nitrogen and oxygen atoms in total. The van der Waals surface area contributed by atoms with Crippen molar-refractivity contribution in [3.63, 3.8) is 0 Å². The third-order valence-corrected chi connectivity index (χ3v) is 4.27. The largest absolute Gasteiger partial charge is 0.458 e. The second kappa shape index (κ2) is 1.90. The first-order chi connectivity index (χ1) is 5.27. The monoisotopic (exact) mass is 266 g/mol. The summed E-state index contributed by atoms with van der Waals surface area (Å²) in [4.78, 5) is 11.1. The van der Waals surface area contributed by atoms with Gasteiger partial charge in [-0.25, -0.2) is 0 Å². The summed E-state index contributed by atoms with van der Waals surface area (Å²) < 4.78 is 11.2. The summed E-state index contributed by atoms with van der Waals surface area (Å²) in [5, 5.41) is 0. The maximum absolute atomic E-state index is 11.1. The predicted molar refractivity (Wildman–Crippen MR) is 44.5 cm³/mol. The Bertz CT molecular complexity index is 230. The van der Waals surface area contributed by atoms with E-state index in [0.29, 0.717) is 3.92 Å². The summed E-state index contributed by atoms with van der Waals surface area (Å²) in [6, 6.07) is 0. The topological polar surface area (TPSA) is 35.5 Å². The Hall–Kier alpha value is 0.160. The van der Waals surface area contributed by atoms with Gasteiger partial charge in [-0.3, -0.25) is 4.79 Å². The Balaban J connectivity index is 2.04. The highest BCUT2D eigenvalue weighted by atomic mass is 127. The molecule has 0 aromatic carbocycles. The molecule has 3 aliphatic rings. The molecule has 0 aromatic rings. The Morgan fingerprint density at radius 3 is 2.91 bits per heavy atom. The van der Waals surface area contributed by atoms with Crippen LogP contribution >= 0.6 is 22.6 Å². The van der Waals surface area contributed by atoms with E-state index in [0.717, 1.165) is 6.42 Å². The molecule has 11 heavy (non-hydrogen) atoms. The van der Waals surface area contributed by atoms with Crippen LogP contribution in [0.25, 0.3) is 0 Å². The highest BCUT2D eigenvalue weighted by Crippen LogP contribution is 2.48. The molecule has 0 unspecified atom stereocenters. The lowest BCUT2D eigenvalue weighted by Crippen LogP contribution is -2.31.